The van der Waals surface area contributed by atoms with Gasteiger partial charge in [0.05, 0.1) is 22.7 Å². The Kier molecular flexibility index (Phi) is 8.86. The molecule has 10 nitrogen and oxygen atoms in total. The van der Waals surface area contributed by atoms with Crippen molar-refractivity contribution in [2.45, 2.75) is 54.4 Å². The van der Waals surface area contributed by atoms with E-state index >= 15 is 0 Å². The van der Waals surface area contributed by atoms with Gasteiger partial charge in [-0.15, -0.1) is 0 Å². The molecule has 192 valence electrons. The first-order valence-corrected chi connectivity index (χ1v) is 14.4. The molecule has 2 amide bonds. The van der Waals surface area contributed by atoms with E-state index in [9.17, 15) is 21.6 Å². The van der Waals surface area contributed by atoms with Crippen molar-refractivity contribution in [3.63, 3.8) is 0 Å². The van der Waals surface area contributed by atoms with Crippen LogP contribution in [0.25, 0.3) is 0 Å². The van der Waals surface area contributed by atoms with Crippen LogP contribution in [0, 0.1) is 0 Å². The number of nitrogens with two attached hydrogens (primary N) is 1. The molecule has 0 heterocycles. The number of sulfonamides is 2. The first kappa shape index (κ1) is 27.1. The molecule has 1 aliphatic carbocycles. The SMILES string of the molecule is COc1cc(N)c(Cl)cc1S(=O)(=O)NCCc1ccc(S(=O)(=O)NC(=O)NC2CCCCC2)cc1. The normalized spacial score (nSPS) is 14.9. The molecule has 1 saturated carbocycles. The number of halogens is 1. The molecule has 1 aliphatic rings. The van der Waals surface area contributed by atoms with Gasteiger partial charge in [-0.25, -0.2) is 31.1 Å². The molecule has 2 aromatic rings. The number of hydrogen-bond donors (Lipinski definition) is 4. The fourth-order valence-electron chi connectivity index (χ4n) is 3.81. The Morgan fingerprint density at radius 2 is 1.71 bits per heavy atom. The van der Waals surface area contributed by atoms with Gasteiger partial charge in [0.25, 0.3) is 10.0 Å². The molecule has 35 heavy (non-hydrogen) atoms. The number of hydrogen-bond acceptors (Lipinski definition) is 7. The van der Waals surface area contributed by atoms with Crippen molar-refractivity contribution in [1.82, 2.24) is 14.8 Å². The second-order valence-corrected chi connectivity index (χ2v) is 12.1. The third-order valence-corrected chi connectivity index (χ3v) is 8.84. The molecule has 0 radical (unpaired) electrons. The van der Waals surface area contributed by atoms with Gasteiger partial charge >= 0.3 is 6.03 Å². The van der Waals surface area contributed by atoms with Gasteiger partial charge in [-0.1, -0.05) is 43.0 Å². The first-order valence-electron chi connectivity index (χ1n) is 11.1. The van der Waals surface area contributed by atoms with Gasteiger partial charge in [-0.2, -0.15) is 0 Å². The van der Waals surface area contributed by atoms with Gasteiger partial charge < -0.3 is 15.8 Å². The van der Waals surface area contributed by atoms with Crippen molar-refractivity contribution in [3.05, 3.63) is 47.0 Å². The van der Waals surface area contributed by atoms with Crippen molar-refractivity contribution in [1.29, 1.82) is 0 Å². The maximum absolute atomic E-state index is 12.7. The number of carbonyl (C=O) groups excluding carboxylic acids is 1. The first-order chi connectivity index (χ1) is 16.5. The minimum absolute atomic E-state index is 0.0191. The number of amides is 2. The van der Waals surface area contributed by atoms with Gasteiger partial charge in [0.2, 0.25) is 10.0 Å². The van der Waals surface area contributed by atoms with E-state index in [0.29, 0.717) is 12.0 Å². The van der Waals surface area contributed by atoms with Gasteiger partial charge in [-0.05, 0) is 43.0 Å². The number of rotatable bonds is 9. The zero-order valence-corrected chi connectivity index (χ0v) is 21.6. The fraction of sp³-hybridized carbons (Fsp3) is 0.409. The molecule has 1 fully saturated rings. The lowest BCUT2D eigenvalue weighted by Gasteiger charge is -2.22. The number of urea groups is 1. The molecule has 2 aromatic carbocycles. The standard InChI is InChI=1S/C22H29ClN4O6S2/c1-33-20-14-19(24)18(23)13-21(20)35(31,32)25-12-11-15-7-9-17(10-8-15)34(29,30)27-22(28)26-16-5-3-2-4-6-16/h7-10,13-14,16,25H,2-6,11-12,24H2,1H3,(H2,26,27,28). The van der Waals surface area contributed by atoms with Gasteiger partial charge in [-0.3, -0.25) is 0 Å². The molecule has 5 N–H and O–H groups in total. The largest absolute Gasteiger partial charge is 0.495 e. The average Bonchev–Trinajstić information content (AvgIpc) is 2.81. The summed E-state index contributed by atoms with van der Waals surface area (Å²) in [6.45, 7) is 0.0433. The van der Waals surface area contributed by atoms with E-state index in [0.717, 1.165) is 32.1 Å². The predicted molar refractivity (Wildman–Crippen MR) is 133 cm³/mol. The van der Waals surface area contributed by atoms with E-state index < -0.39 is 26.1 Å². The summed E-state index contributed by atoms with van der Waals surface area (Å²) in [5.41, 5.74) is 6.59. The summed E-state index contributed by atoms with van der Waals surface area (Å²) in [4.78, 5) is 11.9. The maximum atomic E-state index is 12.7. The number of anilines is 1. The lowest BCUT2D eigenvalue weighted by molar-refractivity contribution is 0.237. The molecule has 0 spiro atoms. The average molecular weight is 545 g/mol. The number of nitrogens with one attached hydrogen (secondary N) is 3. The van der Waals surface area contributed by atoms with Crippen LogP contribution in [-0.2, 0) is 26.5 Å². The molecular weight excluding hydrogens is 516 g/mol. The minimum atomic E-state index is -4.03. The zero-order chi connectivity index (χ0) is 25.6. The third kappa shape index (κ3) is 7.23. The predicted octanol–water partition coefficient (Wildman–Crippen LogP) is 2.77. The maximum Gasteiger partial charge on any atom is 0.328 e. The fourth-order valence-corrected chi connectivity index (χ4v) is 6.16. The van der Waals surface area contributed by atoms with E-state index in [1.807, 2.05) is 4.72 Å². The van der Waals surface area contributed by atoms with Crippen LogP contribution in [0.5, 0.6) is 5.75 Å². The highest BCUT2D eigenvalue weighted by molar-refractivity contribution is 7.90. The Balaban J connectivity index is 1.57. The highest BCUT2D eigenvalue weighted by Crippen LogP contribution is 2.31. The number of carbonyl (C=O) groups is 1. The monoisotopic (exact) mass is 544 g/mol. The summed E-state index contributed by atoms with van der Waals surface area (Å²) in [6, 6.07) is 7.63. The molecule has 0 aromatic heterocycles. The molecular formula is C22H29ClN4O6S2. The van der Waals surface area contributed by atoms with Crippen LogP contribution < -0.4 is 25.2 Å². The zero-order valence-electron chi connectivity index (χ0n) is 19.2. The topological polar surface area (TPSA) is 157 Å². The van der Waals surface area contributed by atoms with Crippen LogP contribution in [0.3, 0.4) is 0 Å². The van der Waals surface area contributed by atoms with Crippen molar-refractivity contribution in [3.8, 4) is 5.75 Å². The van der Waals surface area contributed by atoms with Crippen molar-refractivity contribution in [2.24, 2.45) is 0 Å². The van der Waals surface area contributed by atoms with Crippen molar-refractivity contribution >= 4 is 43.4 Å². The molecule has 0 saturated heterocycles. The molecule has 0 bridgehead atoms. The van der Waals surface area contributed by atoms with Gasteiger partial charge in [0, 0.05) is 18.7 Å². The summed E-state index contributed by atoms with van der Waals surface area (Å²) < 4.78 is 60.0. The van der Waals surface area contributed by atoms with Crippen LogP contribution in [0.1, 0.15) is 37.7 Å². The van der Waals surface area contributed by atoms with E-state index in [1.165, 1.54) is 31.4 Å². The lowest BCUT2D eigenvalue weighted by Crippen LogP contribution is -2.45. The highest BCUT2D eigenvalue weighted by atomic mass is 35.5. The molecule has 0 aliphatic heterocycles. The van der Waals surface area contributed by atoms with Crippen LogP contribution in [0.4, 0.5) is 10.5 Å². The van der Waals surface area contributed by atoms with Gasteiger partial charge in [0.1, 0.15) is 10.6 Å². The molecule has 3 rings (SSSR count). The van der Waals surface area contributed by atoms with E-state index in [1.54, 1.807) is 12.1 Å². The van der Waals surface area contributed by atoms with Crippen LogP contribution >= 0.6 is 11.6 Å². The van der Waals surface area contributed by atoms with Crippen LogP contribution in [0.2, 0.25) is 5.02 Å². The number of ether oxygens (including phenoxy) is 1. The lowest BCUT2D eigenvalue weighted by atomic mass is 9.96. The minimum Gasteiger partial charge on any atom is -0.495 e. The Bertz CT molecular complexity index is 1260. The van der Waals surface area contributed by atoms with E-state index in [-0.39, 0.29) is 38.8 Å². The number of nitrogen functional groups attached to an aromatic ring is 1. The summed E-state index contributed by atoms with van der Waals surface area (Å²) >= 11 is 5.96. The third-order valence-electron chi connectivity index (χ3n) is 5.68. The Labute approximate surface area is 210 Å². The summed E-state index contributed by atoms with van der Waals surface area (Å²) in [6.07, 6.45) is 5.11. The highest BCUT2D eigenvalue weighted by Gasteiger charge is 2.22. The second kappa shape index (κ2) is 11.5. The van der Waals surface area contributed by atoms with E-state index in [2.05, 4.69) is 10.0 Å². The molecule has 13 heteroatoms. The number of benzene rings is 2. The number of methoxy groups -OCH3 is 1. The Morgan fingerprint density at radius 3 is 2.34 bits per heavy atom. The summed E-state index contributed by atoms with van der Waals surface area (Å²) in [5.74, 6) is 0.0639. The quantitative estimate of drug-likeness (QED) is 0.353. The molecule has 0 unspecified atom stereocenters. The second-order valence-electron chi connectivity index (χ2n) is 8.23. The summed E-state index contributed by atoms with van der Waals surface area (Å²) in [7, 11) is -6.64. The smallest absolute Gasteiger partial charge is 0.328 e. The van der Waals surface area contributed by atoms with E-state index in [4.69, 9.17) is 22.1 Å². The van der Waals surface area contributed by atoms with Crippen molar-refractivity contribution < 1.29 is 26.4 Å². The van der Waals surface area contributed by atoms with Crippen LogP contribution in [0.15, 0.2) is 46.2 Å². The van der Waals surface area contributed by atoms with Crippen LogP contribution in [-0.4, -0.2) is 42.6 Å². The van der Waals surface area contributed by atoms with Gasteiger partial charge in [0.15, 0.2) is 0 Å². The Morgan fingerprint density at radius 1 is 1.06 bits per heavy atom. The molecule has 0 atom stereocenters. The summed E-state index contributed by atoms with van der Waals surface area (Å²) in [5, 5.41) is 2.79. The van der Waals surface area contributed by atoms with Crippen molar-refractivity contribution in [2.75, 3.05) is 19.4 Å². The Hall–Kier alpha value is -2.54.